The number of amides is 2. The maximum Gasteiger partial charge on any atom is 0.238 e. The topological polar surface area (TPSA) is 102 Å². The van der Waals surface area contributed by atoms with Gasteiger partial charge in [0, 0.05) is 34.1 Å². The molecule has 1 spiro atoms. The molecule has 0 aliphatic carbocycles. The fourth-order valence-corrected chi connectivity index (χ4v) is 7.70. The van der Waals surface area contributed by atoms with Gasteiger partial charge in [0.1, 0.15) is 11.2 Å². The minimum atomic E-state index is -1.32. The van der Waals surface area contributed by atoms with Gasteiger partial charge in [-0.15, -0.1) is 11.3 Å². The van der Waals surface area contributed by atoms with Crippen LogP contribution in [0.4, 0.5) is 10.1 Å². The lowest BCUT2D eigenvalue weighted by atomic mass is 9.64. The van der Waals surface area contributed by atoms with Gasteiger partial charge in [0.25, 0.3) is 0 Å². The maximum atomic E-state index is 15.1. The van der Waals surface area contributed by atoms with Gasteiger partial charge >= 0.3 is 0 Å². The van der Waals surface area contributed by atoms with Gasteiger partial charge in [0.2, 0.25) is 11.8 Å². The first kappa shape index (κ1) is 29.9. The number of halogens is 3. The summed E-state index contributed by atoms with van der Waals surface area (Å²) >= 11 is 14.2. The van der Waals surface area contributed by atoms with E-state index in [-0.39, 0.29) is 29.8 Å². The number of aliphatic hydroxyl groups is 2. The molecular formula is C30H32Cl2FN3O4S. The van der Waals surface area contributed by atoms with Crippen LogP contribution in [0, 0.1) is 5.82 Å². The first-order chi connectivity index (χ1) is 19.7. The lowest BCUT2D eigenvalue weighted by Gasteiger charge is -2.36. The Bertz CT molecular complexity index is 1420. The SMILES string of the molecule is CN1[C@@H](C(=O)NCC[C@H](O)CO)[C@H](c2cccc(Cl)c2)[C@@]2(C(=O)Nc3cc(Cl)c(F)cc32)[C@H]1CCCc1cccs1. The average molecular weight is 621 g/mol. The quantitative estimate of drug-likeness (QED) is 0.263. The summed E-state index contributed by atoms with van der Waals surface area (Å²) in [7, 11) is 1.83. The highest BCUT2D eigenvalue weighted by molar-refractivity contribution is 7.09. The van der Waals surface area contributed by atoms with Crippen LogP contribution in [-0.2, 0) is 21.4 Å². The second kappa shape index (κ2) is 12.4. The molecular weight excluding hydrogens is 588 g/mol. The van der Waals surface area contributed by atoms with Crippen molar-refractivity contribution in [3.63, 3.8) is 0 Å². The maximum absolute atomic E-state index is 15.1. The zero-order valence-corrected chi connectivity index (χ0v) is 24.8. The number of likely N-dealkylation sites (N-methyl/N-ethyl adjacent to an activating group) is 1. The number of aliphatic hydroxyl groups excluding tert-OH is 2. The summed E-state index contributed by atoms with van der Waals surface area (Å²) in [4.78, 5) is 31.4. The van der Waals surface area contributed by atoms with E-state index < -0.39 is 41.9 Å². The van der Waals surface area contributed by atoms with Crippen molar-refractivity contribution < 1.29 is 24.2 Å². The molecule has 4 N–H and O–H groups in total. The lowest BCUT2D eigenvalue weighted by Crippen LogP contribution is -2.48. The molecule has 41 heavy (non-hydrogen) atoms. The smallest absolute Gasteiger partial charge is 0.238 e. The molecule has 2 amide bonds. The number of anilines is 1. The highest BCUT2D eigenvalue weighted by Crippen LogP contribution is 2.59. The number of aryl methyl sites for hydroxylation is 1. The Morgan fingerprint density at radius 1 is 1.24 bits per heavy atom. The number of hydrogen-bond acceptors (Lipinski definition) is 6. The van der Waals surface area contributed by atoms with Gasteiger partial charge in [0.15, 0.2) is 0 Å². The predicted molar refractivity (Wildman–Crippen MR) is 159 cm³/mol. The van der Waals surface area contributed by atoms with E-state index in [9.17, 15) is 19.8 Å². The Morgan fingerprint density at radius 3 is 2.76 bits per heavy atom. The molecule has 5 atom stereocenters. The fraction of sp³-hybridized carbons (Fsp3) is 0.400. The van der Waals surface area contributed by atoms with Crippen molar-refractivity contribution in [2.45, 2.75) is 55.2 Å². The third-order valence-corrected chi connectivity index (χ3v) is 9.80. The highest BCUT2D eigenvalue weighted by Gasteiger charge is 2.67. The molecule has 5 rings (SSSR count). The number of carbonyl (C=O) groups is 2. The molecule has 0 unspecified atom stereocenters. The number of fused-ring (bicyclic) bond motifs is 2. The normalized spacial score (nSPS) is 24.4. The van der Waals surface area contributed by atoms with Crippen molar-refractivity contribution in [2.75, 3.05) is 25.5 Å². The number of carbonyl (C=O) groups excluding carboxylic acids is 2. The van der Waals surface area contributed by atoms with Crippen molar-refractivity contribution in [3.05, 3.63) is 85.8 Å². The fourth-order valence-electron chi connectivity index (χ4n) is 6.58. The molecule has 7 nitrogen and oxygen atoms in total. The molecule has 3 aromatic rings. The van der Waals surface area contributed by atoms with Crippen LogP contribution in [0.25, 0.3) is 0 Å². The van der Waals surface area contributed by atoms with Gasteiger partial charge in [-0.3, -0.25) is 14.5 Å². The molecule has 11 heteroatoms. The largest absolute Gasteiger partial charge is 0.394 e. The van der Waals surface area contributed by atoms with Crippen molar-refractivity contribution in [3.8, 4) is 0 Å². The van der Waals surface area contributed by atoms with E-state index in [1.807, 2.05) is 29.5 Å². The number of likely N-dealkylation sites (tertiary alicyclic amines) is 1. The Morgan fingerprint density at radius 2 is 2.05 bits per heavy atom. The van der Waals surface area contributed by atoms with E-state index in [0.717, 1.165) is 12.8 Å². The molecule has 1 fully saturated rings. The number of nitrogens with one attached hydrogen (secondary N) is 2. The van der Waals surface area contributed by atoms with Crippen LogP contribution in [0.1, 0.15) is 41.2 Å². The molecule has 2 aliphatic heterocycles. The number of hydrogen-bond donors (Lipinski definition) is 4. The Balaban J connectivity index is 1.63. The second-order valence-corrected chi connectivity index (χ2v) is 12.6. The van der Waals surface area contributed by atoms with E-state index in [1.165, 1.54) is 17.0 Å². The number of thiophene rings is 1. The number of rotatable bonds is 10. The van der Waals surface area contributed by atoms with Crippen molar-refractivity contribution in [1.29, 1.82) is 0 Å². The van der Waals surface area contributed by atoms with Crippen LogP contribution in [0.15, 0.2) is 53.9 Å². The molecule has 1 saturated heterocycles. The minimum Gasteiger partial charge on any atom is -0.394 e. The Labute approximate surface area is 252 Å². The summed E-state index contributed by atoms with van der Waals surface area (Å²) in [6.45, 7) is -0.277. The van der Waals surface area contributed by atoms with Crippen molar-refractivity contribution in [2.24, 2.45) is 0 Å². The standard InChI is InChI=1S/C30H32Cl2FN3O4S/c1-36-25(9-3-7-20-8-4-12-41-20)30(21-14-23(33)22(32)15-24(21)35-29(30)40)26(17-5-2-6-18(31)13-17)27(36)28(39)34-11-10-19(38)16-37/h2,4-6,8,12-15,19,25-27,37-38H,3,7,9-11,16H2,1H3,(H,34,39)(H,35,40)/t19-,25+,26-,27+,30-/m0/s1. The number of nitrogens with zero attached hydrogens (tertiary/aromatic N) is 1. The van der Waals surface area contributed by atoms with Gasteiger partial charge in [0.05, 0.1) is 23.8 Å². The van der Waals surface area contributed by atoms with Crippen LogP contribution in [0.2, 0.25) is 10.0 Å². The molecule has 1 aromatic heterocycles. The molecule has 2 aromatic carbocycles. The summed E-state index contributed by atoms with van der Waals surface area (Å²) < 4.78 is 15.1. The van der Waals surface area contributed by atoms with Crippen LogP contribution >= 0.6 is 34.5 Å². The second-order valence-electron chi connectivity index (χ2n) is 10.7. The molecule has 3 heterocycles. The molecule has 218 valence electrons. The Hall–Kier alpha value is -2.53. The third-order valence-electron chi connectivity index (χ3n) is 8.34. The first-order valence-corrected chi connectivity index (χ1v) is 15.2. The Kier molecular flexibility index (Phi) is 9.04. The van der Waals surface area contributed by atoms with E-state index >= 15 is 4.39 Å². The van der Waals surface area contributed by atoms with Crippen LogP contribution in [-0.4, -0.2) is 65.3 Å². The molecule has 2 aliphatic rings. The van der Waals surface area contributed by atoms with Crippen LogP contribution < -0.4 is 10.6 Å². The van der Waals surface area contributed by atoms with Crippen molar-refractivity contribution in [1.82, 2.24) is 10.2 Å². The first-order valence-electron chi connectivity index (χ1n) is 13.6. The van der Waals surface area contributed by atoms with Gasteiger partial charge in [-0.25, -0.2) is 4.39 Å². The van der Waals surface area contributed by atoms with Gasteiger partial charge in [-0.05, 0) is 79.6 Å². The third kappa shape index (κ3) is 5.51. The molecule has 0 radical (unpaired) electrons. The lowest BCUT2D eigenvalue weighted by molar-refractivity contribution is -0.126. The van der Waals surface area contributed by atoms with E-state index in [4.69, 9.17) is 23.2 Å². The van der Waals surface area contributed by atoms with Crippen molar-refractivity contribution >= 4 is 52.0 Å². The van der Waals surface area contributed by atoms with Crippen LogP contribution in [0.3, 0.4) is 0 Å². The molecule has 0 saturated carbocycles. The summed E-state index contributed by atoms with van der Waals surface area (Å²) in [6, 6.07) is 12.6. The van der Waals surface area contributed by atoms with E-state index in [0.29, 0.717) is 28.3 Å². The number of benzene rings is 2. The van der Waals surface area contributed by atoms with E-state index in [1.54, 1.807) is 29.5 Å². The van der Waals surface area contributed by atoms with Gasteiger partial charge < -0.3 is 20.8 Å². The monoisotopic (exact) mass is 619 g/mol. The predicted octanol–water partition coefficient (Wildman–Crippen LogP) is 4.73. The zero-order chi connectivity index (χ0) is 29.3. The van der Waals surface area contributed by atoms with Gasteiger partial charge in [-0.1, -0.05) is 41.4 Å². The van der Waals surface area contributed by atoms with Gasteiger partial charge in [-0.2, -0.15) is 0 Å². The molecule has 0 bridgehead atoms. The summed E-state index contributed by atoms with van der Waals surface area (Å²) in [5.74, 6) is -2.02. The zero-order valence-electron chi connectivity index (χ0n) is 22.4. The highest BCUT2D eigenvalue weighted by atomic mass is 35.5. The summed E-state index contributed by atoms with van der Waals surface area (Å²) in [5, 5.41) is 27.2. The minimum absolute atomic E-state index is 0.0993. The van der Waals surface area contributed by atoms with E-state index in [2.05, 4.69) is 16.7 Å². The van der Waals surface area contributed by atoms with Crippen LogP contribution in [0.5, 0.6) is 0 Å². The average Bonchev–Trinajstić information content (AvgIpc) is 3.62. The summed E-state index contributed by atoms with van der Waals surface area (Å²) in [5.41, 5.74) is 0.256. The summed E-state index contributed by atoms with van der Waals surface area (Å²) in [6.07, 6.45) is 1.32.